The van der Waals surface area contributed by atoms with Crippen LogP contribution in [-0.4, -0.2) is 47.8 Å². The zero-order chi connectivity index (χ0) is 15.2. The Morgan fingerprint density at radius 2 is 2.29 bits per heavy atom. The third kappa shape index (κ3) is 4.16. The van der Waals surface area contributed by atoms with Gasteiger partial charge in [0.05, 0.1) is 6.61 Å². The zero-order valence-electron chi connectivity index (χ0n) is 11.7. The van der Waals surface area contributed by atoms with Gasteiger partial charge in [0.15, 0.2) is 6.04 Å². The molecule has 0 spiro atoms. The normalized spacial score (nSPS) is 15.9. The molecule has 0 aromatic carbocycles. The van der Waals surface area contributed by atoms with Gasteiger partial charge in [0, 0.05) is 24.9 Å². The van der Waals surface area contributed by atoms with Crippen molar-refractivity contribution < 1.29 is 24.2 Å². The van der Waals surface area contributed by atoms with Crippen molar-refractivity contribution in [3.63, 3.8) is 0 Å². The average Bonchev–Trinajstić information content (AvgIpc) is 2.42. The fourth-order valence-corrected chi connectivity index (χ4v) is 1.86. The van der Waals surface area contributed by atoms with Gasteiger partial charge in [-0.15, -0.1) is 0 Å². The van der Waals surface area contributed by atoms with Crippen LogP contribution in [0.3, 0.4) is 0 Å². The van der Waals surface area contributed by atoms with E-state index in [1.807, 2.05) is 0 Å². The van der Waals surface area contributed by atoms with Crippen LogP contribution in [0.25, 0.3) is 0 Å². The summed E-state index contributed by atoms with van der Waals surface area (Å²) in [7, 11) is 1.37. The lowest BCUT2D eigenvalue weighted by Gasteiger charge is -2.25. The van der Waals surface area contributed by atoms with Gasteiger partial charge in [-0.2, -0.15) is 0 Å². The number of amides is 1. The summed E-state index contributed by atoms with van der Waals surface area (Å²) in [5, 5.41) is 11.4. The van der Waals surface area contributed by atoms with Crippen molar-refractivity contribution in [1.82, 2.24) is 10.3 Å². The number of aliphatic carboxylic acids is 1. The molecule has 2 N–H and O–H groups in total. The highest BCUT2D eigenvalue weighted by atomic mass is 16.5. The number of carboxylic acids is 1. The zero-order valence-corrected chi connectivity index (χ0v) is 11.7. The Morgan fingerprint density at radius 1 is 1.52 bits per heavy atom. The monoisotopic (exact) mass is 294 g/mol. The number of nitrogens with zero attached hydrogens (tertiary/aromatic N) is 1. The van der Waals surface area contributed by atoms with Gasteiger partial charge in [-0.25, -0.2) is 9.78 Å². The van der Waals surface area contributed by atoms with Gasteiger partial charge < -0.3 is 19.9 Å². The predicted octanol–water partition coefficient (Wildman–Crippen LogP) is 0.842. The molecule has 1 atom stereocenters. The van der Waals surface area contributed by atoms with Crippen molar-refractivity contribution in [2.45, 2.75) is 31.4 Å². The Labute approximate surface area is 122 Å². The number of methoxy groups -OCH3 is 1. The molecule has 1 fully saturated rings. The number of hydrogen-bond acceptors (Lipinski definition) is 5. The average molecular weight is 294 g/mol. The minimum atomic E-state index is -1.15. The van der Waals surface area contributed by atoms with E-state index in [2.05, 4.69) is 10.3 Å². The van der Waals surface area contributed by atoms with Crippen molar-refractivity contribution in [2.24, 2.45) is 0 Å². The quantitative estimate of drug-likeness (QED) is 0.773. The first kappa shape index (κ1) is 15.2. The van der Waals surface area contributed by atoms with Crippen LogP contribution in [0.1, 0.15) is 29.6 Å². The van der Waals surface area contributed by atoms with Gasteiger partial charge in [0.2, 0.25) is 5.88 Å². The van der Waals surface area contributed by atoms with Crippen molar-refractivity contribution in [2.75, 3.05) is 13.7 Å². The number of aromatic nitrogens is 1. The lowest BCUT2D eigenvalue weighted by atomic mass is 9.96. The molecule has 7 heteroatoms. The van der Waals surface area contributed by atoms with E-state index in [9.17, 15) is 9.59 Å². The lowest BCUT2D eigenvalue weighted by Crippen LogP contribution is -2.43. The van der Waals surface area contributed by atoms with Crippen molar-refractivity contribution in [1.29, 1.82) is 0 Å². The Kier molecular flexibility index (Phi) is 5.10. The molecule has 2 rings (SSSR count). The highest BCUT2D eigenvalue weighted by Gasteiger charge is 2.22. The fraction of sp³-hybridized carbons (Fsp3) is 0.500. The van der Waals surface area contributed by atoms with Crippen molar-refractivity contribution >= 4 is 11.9 Å². The number of hydrogen-bond donors (Lipinski definition) is 2. The van der Waals surface area contributed by atoms with Crippen LogP contribution in [0, 0.1) is 0 Å². The molecule has 1 saturated carbocycles. The Bertz CT molecular complexity index is 516. The van der Waals surface area contributed by atoms with Crippen LogP contribution in [0.15, 0.2) is 18.3 Å². The lowest BCUT2D eigenvalue weighted by molar-refractivity contribution is -0.140. The number of ether oxygens (including phenoxy) is 2. The third-order valence-corrected chi connectivity index (χ3v) is 3.27. The highest BCUT2D eigenvalue weighted by molar-refractivity contribution is 5.96. The summed E-state index contributed by atoms with van der Waals surface area (Å²) in [5.74, 6) is -1.27. The molecule has 1 aromatic heterocycles. The molecular weight excluding hydrogens is 276 g/mol. The molecule has 1 aliphatic rings. The standard InChI is InChI=1S/C14H18N2O5/c1-20-8-11(14(18)19)16-13(17)9-5-6-15-12(7-9)21-10-3-2-4-10/h5-7,10-11H,2-4,8H2,1H3,(H,16,17)(H,18,19). The van der Waals surface area contributed by atoms with Gasteiger partial charge in [-0.05, 0) is 25.3 Å². The van der Waals surface area contributed by atoms with Gasteiger partial charge in [0.25, 0.3) is 5.91 Å². The number of carboxylic acid groups (broad SMARTS) is 1. The molecule has 7 nitrogen and oxygen atoms in total. The third-order valence-electron chi connectivity index (χ3n) is 3.27. The van der Waals surface area contributed by atoms with Crippen LogP contribution >= 0.6 is 0 Å². The number of carbonyl (C=O) groups is 2. The summed E-state index contributed by atoms with van der Waals surface area (Å²) < 4.78 is 10.4. The maximum atomic E-state index is 12.0. The molecule has 114 valence electrons. The van der Waals surface area contributed by atoms with Crippen LogP contribution in [0.4, 0.5) is 0 Å². The highest BCUT2D eigenvalue weighted by Crippen LogP contribution is 2.24. The number of carbonyl (C=O) groups excluding carboxylic acids is 1. The van der Waals surface area contributed by atoms with E-state index in [0.717, 1.165) is 19.3 Å². The largest absolute Gasteiger partial charge is 0.480 e. The first-order chi connectivity index (χ1) is 10.1. The van der Waals surface area contributed by atoms with Gasteiger partial charge in [-0.1, -0.05) is 0 Å². The summed E-state index contributed by atoms with van der Waals surface area (Å²) in [6.07, 6.45) is 4.76. The second kappa shape index (κ2) is 7.03. The van der Waals surface area contributed by atoms with E-state index in [4.69, 9.17) is 14.6 Å². The summed E-state index contributed by atoms with van der Waals surface area (Å²) >= 11 is 0. The van der Waals surface area contributed by atoms with Crippen LogP contribution in [0.2, 0.25) is 0 Å². The maximum Gasteiger partial charge on any atom is 0.328 e. The fourth-order valence-electron chi connectivity index (χ4n) is 1.86. The Morgan fingerprint density at radius 3 is 2.86 bits per heavy atom. The Hall–Kier alpha value is -2.15. The first-order valence-electron chi connectivity index (χ1n) is 6.75. The summed E-state index contributed by atoms with van der Waals surface area (Å²) in [6, 6.07) is 1.93. The van der Waals surface area contributed by atoms with Crippen molar-refractivity contribution in [3.05, 3.63) is 23.9 Å². The Balaban J connectivity index is 2.00. The van der Waals surface area contributed by atoms with Crippen molar-refractivity contribution in [3.8, 4) is 5.88 Å². The molecule has 1 amide bonds. The molecule has 1 aliphatic carbocycles. The van der Waals surface area contributed by atoms with E-state index in [-0.39, 0.29) is 12.7 Å². The molecule has 0 bridgehead atoms. The van der Waals surface area contributed by atoms with E-state index in [0.29, 0.717) is 11.4 Å². The molecule has 0 aliphatic heterocycles. The van der Waals surface area contributed by atoms with Gasteiger partial charge in [0.1, 0.15) is 6.10 Å². The smallest absolute Gasteiger partial charge is 0.328 e. The number of rotatable bonds is 7. The molecule has 0 radical (unpaired) electrons. The molecule has 1 unspecified atom stereocenters. The summed E-state index contributed by atoms with van der Waals surface area (Å²) in [5.41, 5.74) is 0.307. The van der Waals surface area contributed by atoms with Crippen LogP contribution in [-0.2, 0) is 9.53 Å². The van der Waals surface area contributed by atoms with Gasteiger partial charge >= 0.3 is 5.97 Å². The van der Waals surface area contributed by atoms with Crippen LogP contribution in [0.5, 0.6) is 5.88 Å². The number of nitrogens with one attached hydrogen (secondary N) is 1. The SMILES string of the molecule is COCC(NC(=O)c1ccnc(OC2CCC2)c1)C(=O)O. The van der Waals surface area contributed by atoms with E-state index in [1.165, 1.54) is 25.4 Å². The second-order valence-corrected chi connectivity index (χ2v) is 4.87. The van der Waals surface area contributed by atoms with Crippen LogP contribution < -0.4 is 10.1 Å². The molecule has 1 heterocycles. The maximum absolute atomic E-state index is 12.0. The molecule has 21 heavy (non-hydrogen) atoms. The van der Waals surface area contributed by atoms with E-state index < -0.39 is 17.9 Å². The first-order valence-corrected chi connectivity index (χ1v) is 6.75. The number of pyridine rings is 1. The molecule has 0 saturated heterocycles. The second-order valence-electron chi connectivity index (χ2n) is 4.87. The molecule has 1 aromatic rings. The molecular formula is C14H18N2O5. The minimum Gasteiger partial charge on any atom is -0.480 e. The minimum absolute atomic E-state index is 0.0996. The summed E-state index contributed by atoms with van der Waals surface area (Å²) in [4.78, 5) is 27.1. The predicted molar refractivity (Wildman–Crippen MR) is 73.3 cm³/mol. The van der Waals surface area contributed by atoms with Gasteiger partial charge in [-0.3, -0.25) is 4.79 Å². The van der Waals surface area contributed by atoms with E-state index >= 15 is 0 Å². The van der Waals surface area contributed by atoms with E-state index in [1.54, 1.807) is 0 Å². The topological polar surface area (TPSA) is 97.8 Å². The summed E-state index contributed by atoms with van der Waals surface area (Å²) in [6.45, 7) is -0.0996.